The molecule has 1 N–H and O–H groups in total. The zero-order valence-electron chi connectivity index (χ0n) is 13.1. The molecule has 1 fully saturated rings. The highest BCUT2D eigenvalue weighted by Gasteiger charge is 2.19. The second-order valence-corrected chi connectivity index (χ2v) is 7.77. The summed E-state index contributed by atoms with van der Waals surface area (Å²) < 4.78 is 33.1. The molecule has 1 aliphatic rings. The summed E-state index contributed by atoms with van der Waals surface area (Å²) in [5.41, 5.74) is 2.06. The van der Waals surface area contributed by atoms with Crippen molar-refractivity contribution in [2.45, 2.75) is 5.75 Å². The molecule has 0 bridgehead atoms. The average Bonchev–Trinajstić information content (AvgIpc) is 2.56. The molecule has 0 amide bonds. The number of anilines is 2. The van der Waals surface area contributed by atoms with Crippen molar-refractivity contribution in [2.24, 2.45) is 0 Å². The van der Waals surface area contributed by atoms with E-state index in [0.717, 1.165) is 24.3 Å². The summed E-state index contributed by atoms with van der Waals surface area (Å²) in [6, 6.07) is 14.3. The minimum atomic E-state index is -3.53. The van der Waals surface area contributed by atoms with Crippen LogP contribution in [0, 0.1) is 0 Å². The van der Waals surface area contributed by atoms with E-state index in [0.29, 0.717) is 23.9 Å². The van der Waals surface area contributed by atoms with E-state index in [1.54, 1.807) is 24.3 Å². The highest BCUT2D eigenvalue weighted by atomic mass is 35.5. The van der Waals surface area contributed by atoms with Gasteiger partial charge in [0.1, 0.15) is 0 Å². The molecule has 0 aliphatic carbocycles. The Bertz CT molecular complexity index is 791. The Morgan fingerprint density at radius 3 is 2.50 bits per heavy atom. The van der Waals surface area contributed by atoms with Gasteiger partial charge in [0.15, 0.2) is 0 Å². The minimum absolute atomic E-state index is 0.0805. The maximum atomic E-state index is 12.5. The van der Waals surface area contributed by atoms with Crippen molar-refractivity contribution in [3.8, 4) is 0 Å². The summed E-state index contributed by atoms with van der Waals surface area (Å²) in [6.07, 6.45) is 0. The lowest BCUT2D eigenvalue weighted by atomic mass is 10.2. The van der Waals surface area contributed by atoms with E-state index < -0.39 is 10.0 Å². The van der Waals surface area contributed by atoms with Crippen LogP contribution in [0.2, 0.25) is 5.02 Å². The molecule has 0 saturated carbocycles. The zero-order chi connectivity index (χ0) is 17.0. The van der Waals surface area contributed by atoms with Crippen LogP contribution in [0.4, 0.5) is 11.4 Å². The summed E-state index contributed by atoms with van der Waals surface area (Å²) in [5.74, 6) is -0.0805. The van der Waals surface area contributed by atoms with Crippen molar-refractivity contribution in [2.75, 3.05) is 35.9 Å². The van der Waals surface area contributed by atoms with Gasteiger partial charge in [0.2, 0.25) is 10.0 Å². The lowest BCUT2D eigenvalue weighted by Gasteiger charge is -2.30. The zero-order valence-corrected chi connectivity index (χ0v) is 14.7. The van der Waals surface area contributed by atoms with Gasteiger partial charge in [-0.2, -0.15) is 0 Å². The lowest BCUT2D eigenvalue weighted by Crippen LogP contribution is -2.36. The number of nitrogens with zero attached hydrogens (tertiary/aromatic N) is 1. The van der Waals surface area contributed by atoms with Crippen molar-refractivity contribution in [1.82, 2.24) is 0 Å². The van der Waals surface area contributed by atoms with Gasteiger partial charge >= 0.3 is 0 Å². The summed E-state index contributed by atoms with van der Waals surface area (Å²) in [5, 5.41) is 0.490. The molecule has 0 unspecified atom stereocenters. The lowest BCUT2D eigenvalue weighted by molar-refractivity contribution is 0.123. The van der Waals surface area contributed by atoms with Gasteiger partial charge in [-0.25, -0.2) is 8.42 Å². The van der Waals surface area contributed by atoms with Gasteiger partial charge in [-0.3, -0.25) is 4.72 Å². The molecule has 1 saturated heterocycles. The third-order valence-corrected chi connectivity index (χ3v) is 5.25. The molecule has 1 aliphatic heterocycles. The Balaban J connectivity index is 1.84. The molecule has 0 atom stereocenters. The molecule has 24 heavy (non-hydrogen) atoms. The predicted molar refractivity (Wildman–Crippen MR) is 97.2 cm³/mol. The van der Waals surface area contributed by atoms with Crippen LogP contribution in [0.5, 0.6) is 0 Å². The molecule has 7 heteroatoms. The van der Waals surface area contributed by atoms with E-state index in [-0.39, 0.29) is 5.75 Å². The fourth-order valence-electron chi connectivity index (χ4n) is 2.67. The smallest absolute Gasteiger partial charge is 0.236 e. The molecule has 0 aromatic heterocycles. The number of hydrogen-bond donors (Lipinski definition) is 1. The number of benzene rings is 2. The number of hydrogen-bond acceptors (Lipinski definition) is 4. The van der Waals surface area contributed by atoms with Crippen molar-refractivity contribution in [1.29, 1.82) is 0 Å². The fourth-order valence-corrected chi connectivity index (χ4v) is 4.04. The van der Waals surface area contributed by atoms with Gasteiger partial charge < -0.3 is 9.64 Å². The first-order valence-corrected chi connectivity index (χ1v) is 9.73. The van der Waals surface area contributed by atoms with Crippen LogP contribution in [0.1, 0.15) is 5.56 Å². The third-order valence-electron chi connectivity index (χ3n) is 3.78. The largest absolute Gasteiger partial charge is 0.378 e. The maximum absolute atomic E-state index is 12.5. The first kappa shape index (κ1) is 17.1. The van der Waals surface area contributed by atoms with E-state index in [9.17, 15) is 8.42 Å². The van der Waals surface area contributed by atoms with Gasteiger partial charge in [0.25, 0.3) is 0 Å². The average molecular weight is 367 g/mol. The minimum Gasteiger partial charge on any atom is -0.378 e. The molecule has 2 aromatic rings. The Morgan fingerprint density at radius 2 is 1.79 bits per heavy atom. The number of morpholine rings is 1. The summed E-state index contributed by atoms with van der Waals surface area (Å²) in [4.78, 5) is 2.10. The maximum Gasteiger partial charge on any atom is 0.236 e. The third kappa shape index (κ3) is 4.41. The van der Waals surface area contributed by atoms with Crippen molar-refractivity contribution in [3.05, 3.63) is 59.1 Å². The monoisotopic (exact) mass is 366 g/mol. The summed E-state index contributed by atoms with van der Waals surface area (Å²) in [7, 11) is -3.53. The van der Waals surface area contributed by atoms with E-state index in [2.05, 4.69) is 9.62 Å². The molecule has 0 radical (unpaired) electrons. The topological polar surface area (TPSA) is 58.6 Å². The number of halogens is 1. The second-order valence-electron chi connectivity index (χ2n) is 5.61. The summed E-state index contributed by atoms with van der Waals surface area (Å²) in [6.45, 7) is 2.68. The van der Waals surface area contributed by atoms with E-state index in [4.69, 9.17) is 16.3 Å². The first-order chi connectivity index (χ1) is 11.5. The molecular formula is C17H19ClN2O3S. The van der Waals surface area contributed by atoms with Crippen LogP contribution < -0.4 is 9.62 Å². The molecule has 3 rings (SSSR count). The van der Waals surface area contributed by atoms with Crippen LogP contribution >= 0.6 is 11.6 Å². The van der Waals surface area contributed by atoms with Gasteiger partial charge in [-0.1, -0.05) is 41.9 Å². The van der Waals surface area contributed by atoms with Gasteiger partial charge in [0, 0.05) is 18.1 Å². The Morgan fingerprint density at radius 1 is 1.08 bits per heavy atom. The second kappa shape index (κ2) is 7.42. The Labute approximate surface area is 147 Å². The van der Waals surface area contributed by atoms with Crippen LogP contribution in [-0.4, -0.2) is 34.7 Å². The van der Waals surface area contributed by atoms with Crippen LogP contribution in [0.25, 0.3) is 0 Å². The predicted octanol–water partition coefficient (Wildman–Crippen LogP) is 3.12. The Hall–Kier alpha value is -1.76. The SMILES string of the molecule is O=S(=O)(Cc1ccccc1)Nc1cc(Cl)ccc1N1CCOCC1. The normalized spacial score (nSPS) is 15.3. The molecule has 2 aromatic carbocycles. The van der Waals surface area contributed by atoms with Crippen molar-refractivity contribution in [3.63, 3.8) is 0 Å². The Kier molecular flexibility index (Phi) is 5.28. The standard InChI is InChI=1S/C17H19ClN2O3S/c18-15-6-7-17(20-8-10-23-11-9-20)16(12-15)19-24(21,22)13-14-4-2-1-3-5-14/h1-7,12,19H,8-11,13H2. The number of sulfonamides is 1. The highest BCUT2D eigenvalue weighted by Crippen LogP contribution is 2.31. The van der Waals surface area contributed by atoms with E-state index in [1.165, 1.54) is 0 Å². The quantitative estimate of drug-likeness (QED) is 0.883. The molecular weight excluding hydrogens is 348 g/mol. The fraction of sp³-hybridized carbons (Fsp3) is 0.294. The molecule has 1 heterocycles. The van der Waals surface area contributed by atoms with Gasteiger partial charge in [-0.15, -0.1) is 0 Å². The number of nitrogens with one attached hydrogen (secondary N) is 1. The van der Waals surface area contributed by atoms with Crippen molar-refractivity contribution >= 4 is 33.0 Å². The van der Waals surface area contributed by atoms with Crippen LogP contribution in [0.3, 0.4) is 0 Å². The number of rotatable bonds is 5. The van der Waals surface area contributed by atoms with Gasteiger partial charge in [0.05, 0.1) is 30.3 Å². The molecule has 128 valence electrons. The first-order valence-electron chi connectivity index (χ1n) is 7.70. The van der Waals surface area contributed by atoms with E-state index >= 15 is 0 Å². The number of ether oxygens (including phenoxy) is 1. The molecule has 0 spiro atoms. The van der Waals surface area contributed by atoms with Crippen LogP contribution in [-0.2, 0) is 20.5 Å². The van der Waals surface area contributed by atoms with Crippen molar-refractivity contribution < 1.29 is 13.2 Å². The summed E-state index contributed by atoms with van der Waals surface area (Å²) >= 11 is 6.07. The van der Waals surface area contributed by atoms with Crippen LogP contribution in [0.15, 0.2) is 48.5 Å². The van der Waals surface area contributed by atoms with E-state index in [1.807, 2.05) is 24.3 Å². The molecule has 5 nitrogen and oxygen atoms in total. The van der Waals surface area contributed by atoms with Gasteiger partial charge in [-0.05, 0) is 23.8 Å². The highest BCUT2D eigenvalue weighted by molar-refractivity contribution is 7.91.